The van der Waals surface area contributed by atoms with Gasteiger partial charge in [-0.3, -0.25) is 0 Å². The lowest BCUT2D eigenvalue weighted by atomic mass is 9.78. The molecule has 0 saturated carbocycles. The monoisotopic (exact) mass is 401 g/mol. The maximum atomic E-state index is 12.8. The molecule has 1 heterocycles. The second-order valence-corrected chi connectivity index (χ2v) is 7.35. The molecule has 0 bridgehead atoms. The van der Waals surface area contributed by atoms with Crippen LogP contribution in [0.1, 0.15) is 25.3 Å². The van der Waals surface area contributed by atoms with Crippen molar-refractivity contribution in [3.05, 3.63) is 82.7 Å². The fourth-order valence-corrected chi connectivity index (χ4v) is 4.39. The van der Waals surface area contributed by atoms with Crippen LogP contribution < -0.4 is 5.32 Å². The molecule has 0 fully saturated rings. The third kappa shape index (κ3) is 3.03. The van der Waals surface area contributed by atoms with E-state index < -0.39 is 17.9 Å². The van der Waals surface area contributed by atoms with Crippen molar-refractivity contribution in [1.82, 2.24) is 5.32 Å². The molecule has 0 saturated heterocycles. The highest BCUT2D eigenvalue weighted by molar-refractivity contribution is 6.11. The van der Waals surface area contributed by atoms with Crippen molar-refractivity contribution >= 4 is 33.5 Å². The molecule has 0 unspecified atom stereocenters. The Morgan fingerprint density at radius 2 is 1.27 bits per heavy atom. The zero-order valence-electron chi connectivity index (χ0n) is 17.4. The Hall–Kier alpha value is -3.60. The number of rotatable bonds is 3. The summed E-state index contributed by atoms with van der Waals surface area (Å²) in [5, 5.41) is 7.35. The van der Waals surface area contributed by atoms with Crippen molar-refractivity contribution < 1.29 is 19.1 Å². The van der Waals surface area contributed by atoms with Crippen LogP contribution in [0.15, 0.2) is 77.1 Å². The summed E-state index contributed by atoms with van der Waals surface area (Å²) in [5.41, 5.74) is 3.00. The van der Waals surface area contributed by atoms with E-state index in [1.807, 2.05) is 50.2 Å². The largest absolute Gasteiger partial charge is 0.466 e. The van der Waals surface area contributed by atoms with Crippen LogP contribution in [0.2, 0.25) is 0 Å². The summed E-state index contributed by atoms with van der Waals surface area (Å²) in [7, 11) is 2.70. The Labute approximate surface area is 175 Å². The number of ether oxygens (including phenoxy) is 2. The Balaban J connectivity index is 2.12. The van der Waals surface area contributed by atoms with Gasteiger partial charge in [0.25, 0.3) is 0 Å². The number of benzene rings is 3. The van der Waals surface area contributed by atoms with Gasteiger partial charge in [-0.05, 0) is 47.0 Å². The minimum atomic E-state index is -0.611. The molecule has 152 valence electrons. The van der Waals surface area contributed by atoms with Gasteiger partial charge in [-0.25, -0.2) is 9.59 Å². The molecule has 5 nitrogen and oxygen atoms in total. The normalized spacial score (nSPS) is 14.8. The summed E-state index contributed by atoms with van der Waals surface area (Å²) in [6.45, 7) is 3.64. The molecule has 0 aromatic heterocycles. The zero-order valence-corrected chi connectivity index (χ0v) is 17.4. The molecule has 0 radical (unpaired) electrons. The molecule has 30 heavy (non-hydrogen) atoms. The Morgan fingerprint density at radius 1 is 0.767 bits per heavy atom. The van der Waals surface area contributed by atoms with Crippen LogP contribution in [-0.4, -0.2) is 26.2 Å². The SMILES string of the molecule is COC(=O)C1=C(C)NC(C)=C(C(=O)OC)C1c1cc2ccccc2c2ccccc12. The molecule has 3 aromatic carbocycles. The van der Waals surface area contributed by atoms with Gasteiger partial charge in [-0.15, -0.1) is 0 Å². The van der Waals surface area contributed by atoms with Gasteiger partial charge in [0.15, 0.2) is 0 Å². The fraction of sp³-hybridized carbons (Fsp3) is 0.200. The van der Waals surface area contributed by atoms with Crippen molar-refractivity contribution in [2.24, 2.45) is 0 Å². The summed E-state index contributed by atoms with van der Waals surface area (Å²) in [5.74, 6) is -1.56. The van der Waals surface area contributed by atoms with E-state index in [0.717, 1.165) is 27.1 Å². The average molecular weight is 401 g/mol. The first kappa shape index (κ1) is 19.7. The zero-order chi connectivity index (χ0) is 21.4. The molecule has 4 rings (SSSR count). The first-order valence-corrected chi connectivity index (χ1v) is 9.73. The van der Waals surface area contributed by atoms with Crippen molar-refractivity contribution in [3.8, 4) is 0 Å². The van der Waals surface area contributed by atoms with Crippen molar-refractivity contribution in [2.75, 3.05) is 14.2 Å². The van der Waals surface area contributed by atoms with Crippen LogP contribution in [0, 0.1) is 0 Å². The number of methoxy groups -OCH3 is 2. The quantitative estimate of drug-likeness (QED) is 0.514. The van der Waals surface area contributed by atoms with Crippen molar-refractivity contribution in [3.63, 3.8) is 0 Å². The summed E-state index contributed by atoms with van der Waals surface area (Å²) in [6.07, 6.45) is 0. The molecular formula is C25H23NO4. The van der Waals surface area contributed by atoms with Gasteiger partial charge in [0.1, 0.15) is 0 Å². The van der Waals surface area contributed by atoms with E-state index in [0.29, 0.717) is 22.5 Å². The molecule has 0 atom stereocenters. The van der Waals surface area contributed by atoms with Crippen LogP contribution in [0.25, 0.3) is 21.5 Å². The fourth-order valence-electron chi connectivity index (χ4n) is 4.39. The number of carbonyl (C=O) groups is 2. The topological polar surface area (TPSA) is 64.6 Å². The number of hydrogen-bond acceptors (Lipinski definition) is 5. The van der Waals surface area contributed by atoms with E-state index in [4.69, 9.17) is 9.47 Å². The van der Waals surface area contributed by atoms with Crippen LogP contribution in [0.3, 0.4) is 0 Å². The van der Waals surface area contributed by atoms with Crippen molar-refractivity contribution in [1.29, 1.82) is 0 Å². The van der Waals surface area contributed by atoms with Gasteiger partial charge in [0, 0.05) is 11.4 Å². The van der Waals surface area contributed by atoms with Crippen LogP contribution >= 0.6 is 0 Å². The highest BCUT2D eigenvalue weighted by Gasteiger charge is 2.38. The Morgan fingerprint density at radius 3 is 1.83 bits per heavy atom. The Bertz CT molecular complexity index is 1210. The second-order valence-electron chi connectivity index (χ2n) is 7.35. The first-order chi connectivity index (χ1) is 14.5. The smallest absolute Gasteiger partial charge is 0.336 e. The van der Waals surface area contributed by atoms with Crippen LogP contribution in [0.5, 0.6) is 0 Å². The number of nitrogens with one attached hydrogen (secondary N) is 1. The molecule has 1 aliphatic rings. The van der Waals surface area contributed by atoms with Gasteiger partial charge >= 0.3 is 11.9 Å². The predicted octanol–water partition coefficient (Wildman–Crippen LogP) is 4.57. The molecule has 1 N–H and O–H groups in total. The van der Waals surface area contributed by atoms with Crippen molar-refractivity contribution in [2.45, 2.75) is 19.8 Å². The highest BCUT2D eigenvalue weighted by atomic mass is 16.5. The molecule has 0 amide bonds. The minimum absolute atomic E-state index is 0.406. The lowest BCUT2D eigenvalue weighted by molar-refractivity contribution is -0.137. The van der Waals surface area contributed by atoms with Gasteiger partial charge in [-0.2, -0.15) is 0 Å². The number of esters is 2. The average Bonchev–Trinajstić information content (AvgIpc) is 2.77. The maximum absolute atomic E-state index is 12.8. The number of allylic oxidation sites excluding steroid dienone is 2. The predicted molar refractivity (Wildman–Crippen MR) is 117 cm³/mol. The van der Waals surface area contributed by atoms with E-state index in [2.05, 4.69) is 23.5 Å². The highest BCUT2D eigenvalue weighted by Crippen LogP contribution is 2.43. The first-order valence-electron chi connectivity index (χ1n) is 9.73. The van der Waals surface area contributed by atoms with Crippen LogP contribution in [0.4, 0.5) is 0 Å². The summed E-state index contributed by atoms with van der Waals surface area (Å²) >= 11 is 0. The summed E-state index contributed by atoms with van der Waals surface area (Å²) in [6, 6.07) is 18.2. The van der Waals surface area contributed by atoms with Gasteiger partial charge < -0.3 is 14.8 Å². The molecule has 0 spiro atoms. The van der Waals surface area contributed by atoms with Crippen LogP contribution in [-0.2, 0) is 19.1 Å². The summed E-state index contributed by atoms with van der Waals surface area (Å²) in [4.78, 5) is 25.7. The summed E-state index contributed by atoms with van der Waals surface area (Å²) < 4.78 is 10.2. The van der Waals surface area contributed by atoms with E-state index in [-0.39, 0.29) is 0 Å². The molecular weight excluding hydrogens is 378 g/mol. The number of carbonyl (C=O) groups excluding carboxylic acids is 2. The van der Waals surface area contributed by atoms with E-state index in [1.165, 1.54) is 14.2 Å². The number of fused-ring (bicyclic) bond motifs is 3. The van der Waals surface area contributed by atoms with Gasteiger partial charge in [0.05, 0.1) is 31.3 Å². The molecule has 3 aromatic rings. The standard InChI is InChI=1S/C25H23NO4/c1-14-21(24(27)29-3)23(22(15(2)26-14)25(28)30-4)20-13-16-9-5-6-10-17(16)18-11-7-8-12-19(18)20/h5-13,23,26H,1-4H3. The van der Waals surface area contributed by atoms with E-state index in [9.17, 15) is 9.59 Å². The molecule has 5 heteroatoms. The third-order valence-electron chi connectivity index (χ3n) is 5.68. The lowest BCUT2D eigenvalue weighted by Gasteiger charge is -2.31. The molecule has 0 aliphatic carbocycles. The third-order valence-corrected chi connectivity index (χ3v) is 5.68. The Kier molecular flexibility index (Phi) is 5.04. The van der Waals surface area contributed by atoms with E-state index in [1.54, 1.807) is 0 Å². The molecule has 1 aliphatic heterocycles. The minimum Gasteiger partial charge on any atom is -0.466 e. The van der Waals surface area contributed by atoms with E-state index >= 15 is 0 Å². The van der Waals surface area contributed by atoms with Gasteiger partial charge in [-0.1, -0.05) is 48.5 Å². The second kappa shape index (κ2) is 7.67. The lowest BCUT2D eigenvalue weighted by Crippen LogP contribution is -2.32. The maximum Gasteiger partial charge on any atom is 0.336 e. The number of hydrogen-bond donors (Lipinski definition) is 1. The van der Waals surface area contributed by atoms with Gasteiger partial charge in [0.2, 0.25) is 0 Å². The number of dihydropyridines is 1.